The van der Waals surface area contributed by atoms with Crippen LogP contribution in [0.5, 0.6) is 0 Å². The van der Waals surface area contributed by atoms with Gasteiger partial charge in [0.25, 0.3) is 5.56 Å². The van der Waals surface area contributed by atoms with Gasteiger partial charge in [-0.1, -0.05) is 6.07 Å². The molecule has 0 fully saturated rings. The van der Waals surface area contributed by atoms with Crippen LogP contribution in [0.4, 0.5) is 4.39 Å². The minimum Gasteiger partial charge on any atom is -0.461 e. The van der Waals surface area contributed by atoms with Gasteiger partial charge < -0.3 is 4.42 Å². The molecule has 0 atom stereocenters. The van der Waals surface area contributed by atoms with Gasteiger partial charge in [-0.2, -0.15) is 5.10 Å². The molecule has 0 saturated heterocycles. The predicted octanol–water partition coefficient (Wildman–Crippen LogP) is 4.59. The van der Waals surface area contributed by atoms with Crippen molar-refractivity contribution in [2.75, 3.05) is 0 Å². The Morgan fingerprint density at radius 2 is 1.73 bits per heavy atom. The molecule has 0 aliphatic carbocycles. The van der Waals surface area contributed by atoms with Gasteiger partial charge in [0.05, 0.1) is 23.8 Å². The molecule has 5 rings (SSSR count). The van der Waals surface area contributed by atoms with Crippen LogP contribution in [0, 0.1) is 19.7 Å². The summed E-state index contributed by atoms with van der Waals surface area (Å²) in [6.45, 7) is 4.01. The van der Waals surface area contributed by atoms with E-state index in [1.54, 1.807) is 24.3 Å². The van der Waals surface area contributed by atoms with E-state index in [-0.39, 0.29) is 11.4 Å². The Morgan fingerprint density at radius 1 is 0.967 bits per heavy atom. The van der Waals surface area contributed by atoms with Crippen molar-refractivity contribution < 1.29 is 8.81 Å². The van der Waals surface area contributed by atoms with Crippen LogP contribution >= 0.6 is 0 Å². The molecule has 0 N–H and O–H groups in total. The maximum absolute atomic E-state index is 13.5. The fourth-order valence-corrected chi connectivity index (χ4v) is 3.41. The lowest BCUT2D eigenvalue weighted by molar-refractivity contribution is 0.574. The second kappa shape index (κ2) is 6.81. The first-order chi connectivity index (χ1) is 14.5. The van der Waals surface area contributed by atoms with E-state index in [1.165, 1.54) is 33.8 Å². The molecule has 7 heteroatoms. The van der Waals surface area contributed by atoms with Crippen LogP contribution in [0.3, 0.4) is 0 Å². The highest BCUT2D eigenvalue weighted by atomic mass is 19.1. The van der Waals surface area contributed by atoms with Gasteiger partial charge >= 0.3 is 0 Å². The van der Waals surface area contributed by atoms with Crippen LogP contribution < -0.4 is 5.56 Å². The Hall–Kier alpha value is -4.00. The number of hydrogen-bond donors (Lipinski definition) is 0. The highest BCUT2D eigenvalue weighted by Crippen LogP contribution is 2.24. The van der Waals surface area contributed by atoms with E-state index in [2.05, 4.69) is 5.10 Å². The molecule has 6 nitrogen and oxygen atoms in total. The van der Waals surface area contributed by atoms with Crippen LogP contribution in [0.15, 0.2) is 76.3 Å². The summed E-state index contributed by atoms with van der Waals surface area (Å²) in [7, 11) is 0. The summed E-state index contributed by atoms with van der Waals surface area (Å²) in [6, 6.07) is 15.1. The lowest BCUT2D eigenvalue weighted by atomic mass is 10.1. The quantitative estimate of drug-likeness (QED) is 0.444. The molecule has 30 heavy (non-hydrogen) atoms. The molecule has 148 valence electrons. The molecule has 0 saturated carbocycles. The van der Waals surface area contributed by atoms with E-state index in [1.807, 2.05) is 32.0 Å². The van der Waals surface area contributed by atoms with E-state index in [0.29, 0.717) is 34.0 Å². The number of aryl methyl sites for hydroxylation is 2. The summed E-state index contributed by atoms with van der Waals surface area (Å²) in [6.07, 6.45) is 3.02. The molecular weight excluding hydrogens is 383 g/mol. The highest BCUT2D eigenvalue weighted by Gasteiger charge is 2.20. The molecule has 0 bridgehead atoms. The second-order valence-electron chi connectivity index (χ2n) is 7.09. The molecule has 0 amide bonds. The average molecular weight is 400 g/mol. The lowest BCUT2D eigenvalue weighted by Gasteiger charge is -2.13. The molecule has 2 aromatic carbocycles. The van der Waals surface area contributed by atoms with Crippen molar-refractivity contribution in [3.05, 3.63) is 94.4 Å². The normalized spacial score (nSPS) is 11.3. The highest BCUT2D eigenvalue weighted by molar-refractivity contribution is 5.78. The monoisotopic (exact) mass is 400 g/mol. The smallest absolute Gasteiger partial charge is 0.269 e. The molecule has 5 aromatic rings. The number of rotatable bonds is 3. The summed E-state index contributed by atoms with van der Waals surface area (Å²) in [5.41, 5.74) is 3.60. The van der Waals surface area contributed by atoms with Crippen molar-refractivity contribution in [2.24, 2.45) is 0 Å². The minimum absolute atomic E-state index is 0.261. The van der Waals surface area contributed by atoms with E-state index in [4.69, 9.17) is 9.40 Å². The summed E-state index contributed by atoms with van der Waals surface area (Å²) in [5, 5.41) is 4.69. The van der Waals surface area contributed by atoms with Crippen molar-refractivity contribution in [1.29, 1.82) is 0 Å². The van der Waals surface area contributed by atoms with Crippen molar-refractivity contribution in [1.82, 2.24) is 19.3 Å². The van der Waals surface area contributed by atoms with Gasteiger partial charge in [0, 0.05) is 0 Å². The Bertz CT molecular complexity index is 1430. The summed E-state index contributed by atoms with van der Waals surface area (Å²) in [5.74, 6) is 0.472. The molecule has 0 radical (unpaired) electrons. The van der Waals surface area contributed by atoms with Gasteiger partial charge in [-0.15, -0.1) is 0 Å². The fraction of sp³-hybridized carbons (Fsp3) is 0.0870. The van der Waals surface area contributed by atoms with Crippen LogP contribution in [-0.4, -0.2) is 19.3 Å². The zero-order valence-electron chi connectivity index (χ0n) is 16.3. The van der Waals surface area contributed by atoms with E-state index in [0.717, 1.165) is 11.1 Å². The van der Waals surface area contributed by atoms with Gasteiger partial charge in [-0.05, 0) is 73.5 Å². The SMILES string of the molecule is Cc1ccc(-n2c(-c3ccco3)nc3c(cnn3-c3ccc(F)cc3)c2=O)cc1C. The largest absolute Gasteiger partial charge is 0.461 e. The standard InChI is InChI=1S/C23H17FN4O2/c1-14-5-8-18(12-15(14)2)27-22(20-4-3-11-30-20)26-21-19(23(27)29)13-25-28(21)17-9-6-16(24)7-10-17/h3-13H,1-2H3. The summed E-state index contributed by atoms with van der Waals surface area (Å²) in [4.78, 5) is 18.2. The fourth-order valence-electron chi connectivity index (χ4n) is 3.41. The number of fused-ring (bicyclic) bond motifs is 1. The van der Waals surface area contributed by atoms with Crippen molar-refractivity contribution in [3.8, 4) is 23.0 Å². The average Bonchev–Trinajstić information content (AvgIpc) is 3.41. The van der Waals surface area contributed by atoms with Crippen LogP contribution in [0.1, 0.15) is 11.1 Å². The van der Waals surface area contributed by atoms with Gasteiger partial charge in [0.2, 0.25) is 0 Å². The molecule has 0 spiro atoms. The van der Waals surface area contributed by atoms with Gasteiger partial charge in [0.15, 0.2) is 17.2 Å². The van der Waals surface area contributed by atoms with Crippen molar-refractivity contribution >= 4 is 11.0 Å². The number of benzene rings is 2. The van der Waals surface area contributed by atoms with E-state index < -0.39 is 0 Å². The number of hydrogen-bond acceptors (Lipinski definition) is 4. The second-order valence-corrected chi connectivity index (χ2v) is 7.09. The summed E-state index contributed by atoms with van der Waals surface area (Å²) >= 11 is 0. The third kappa shape index (κ3) is 2.83. The van der Waals surface area contributed by atoms with Crippen LogP contribution in [0.25, 0.3) is 34.0 Å². The topological polar surface area (TPSA) is 65.8 Å². The molecule has 0 aliphatic rings. The van der Waals surface area contributed by atoms with Crippen molar-refractivity contribution in [2.45, 2.75) is 13.8 Å². The third-order valence-corrected chi connectivity index (χ3v) is 5.16. The number of aromatic nitrogens is 4. The molecule has 3 heterocycles. The number of nitrogens with zero attached hydrogens (tertiary/aromatic N) is 4. The first kappa shape index (κ1) is 18.1. The first-order valence-electron chi connectivity index (χ1n) is 9.41. The lowest BCUT2D eigenvalue weighted by Crippen LogP contribution is -2.22. The summed E-state index contributed by atoms with van der Waals surface area (Å²) < 4.78 is 22.0. The van der Waals surface area contributed by atoms with Crippen LogP contribution in [-0.2, 0) is 0 Å². The third-order valence-electron chi connectivity index (χ3n) is 5.16. The Morgan fingerprint density at radius 3 is 2.43 bits per heavy atom. The first-order valence-corrected chi connectivity index (χ1v) is 9.41. The van der Waals surface area contributed by atoms with Gasteiger partial charge in [-0.25, -0.2) is 14.1 Å². The van der Waals surface area contributed by atoms with Crippen molar-refractivity contribution in [3.63, 3.8) is 0 Å². The zero-order valence-corrected chi connectivity index (χ0v) is 16.3. The number of furan rings is 1. The number of halogens is 1. The van der Waals surface area contributed by atoms with Crippen LogP contribution in [0.2, 0.25) is 0 Å². The van der Waals surface area contributed by atoms with E-state index >= 15 is 0 Å². The molecule has 0 unspecified atom stereocenters. The molecule has 0 aliphatic heterocycles. The Kier molecular flexibility index (Phi) is 4.10. The molecule has 3 aromatic heterocycles. The maximum Gasteiger partial charge on any atom is 0.269 e. The minimum atomic E-state index is -0.350. The Labute approximate surface area is 170 Å². The Balaban J connectivity index is 1.83. The molecular formula is C23H17FN4O2. The maximum atomic E-state index is 13.5. The zero-order chi connectivity index (χ0) is 20.8. The predicted molar refractivity (Wildman–Crippen MR) is 112 cm³/mol. The van der Waals surface area contributed by atoms with Gasteiger partial charge in [0.1, 0.15) is 11.2 Å². The van der Waals surface area contributed by atoms with Gasteiger partial charge in [-0.3, -0.25) is 9.36 Å². The van der Waals surface area contributed by atoms with E-state index in [9.17, 15) is 9.18 Å².